The summed E-state index contributed by atoms with van der Waals surface area (Å²) < 4.78 is 37.3. The molecule has 0 atom stereocenters. The SMILES string of the molecule is CCN(CC)S(=O)(=O)c1cccc(-c2nnc(SCc3ccc(C(=O)OC)cc3)o2)c1. The number of hydrogen-bond acceptors (Lipinski definition) is 8. The normalized spacial score (nSPS) is 11.6. The fourth-order valence-electron chi connectivity index (χ4n) is 2.89. The largest absolute Gasteiger partial charge is 0.465 e. The van der Waals surface area contributed by atoms with Gasteiger partial charge in [0.15, 0.2) is 0 Å². The van der Waals surface area contributed by atoms with Crippen LogP contribution in [0.5, 0.6) is 0 Å². The van der Waals surface area contributed by atoms with Gasteiger partial charge in [-0.15, -0.1) is 10.2 Å². The molecule has 0 aliphatic rings. The van der Waals surface area contributed by atoms with Crippen LogP contribution in [0.2, 0.25) is 0 Å². The van der Waals surface area contributed by atoms with Crippen molar-refractivity contribution in [3.63, 3.8) is 0 Å². The Kier molecular flexibility index (Phi) is 7.47. The van der Waals surface area contributed by atoms with Crippen LogP contribution in [0.1, 0.15) is 29.8 Å². The Morgan fingerprint density at radius 1 is 1.10 bits per heavy atom. The molecule has 10 heteroatoms. The molecule has 31 heavy (non-hydrogen) atoms. The fourth-order valence-corrected chi connectivity index (χ4v) is 5.11. The summed E-state index contributed by atoms with van der Waals surface area (Å²) in [6, 6.07) is 13.5. The van der Waals surface area contributed by atoms with Crippen LogP contribution < -0.4 is 0 Å². The predicted octanol–water partition coefficient (Wildman–Crippen LogP) is 3.85. The molecule has 0 saturated carbocycles. The number of esters is 1. The first kappa shape index (κ1) is 23.0. The molecule has 1 heterocycles. The monoisotopic (exact) mass is 461 g/mol. The molecule has 0 saturated heterocycles. The van der Waals surface area contributed by atoms with Gasteiger partial charge in [-0.1, -0.05) is 43.8 Å². The van der Waals surface area contributed by atoms with E-state index in [1.165, 1.54) is 23.2 Å². The number of carbonyl (C=O) groups excluding carboxylic acids is 1. The summed E-state index contributed by atoms with van der Waals surface area (Å²) >= 11 is 1.35. The van der Waals surface area contributed by atoms with Gasteiger partial charge in [0, 0.05) is 24.4 Å². The highest BCUT2D eigenvalue weighted by Gasteiger charge is 2.22. The number of aromatic nitrogens is 2. The number of rotatable bonds is 9. The van der Waals surface area contributed by atoms with Crippen LogP contribution in [0.3, 0.4) is 0 Å². The van der Waals surface area contributed by atoms with Crippen molar-refractivity contribution >= 4 is 27.8 Å². The average molecular weight is 462 g/mol. The lowest BCUT2D eigenvalue weighted by molar-refractivity contribution is 0.0600. The number of nitrogens with zero attached hydrogens (tertiary/aromatic N) is 3. The predicted molar refractivity (Wildman–Crippen MR) is 117 cm³/mol. The minimum atomic E-state index is -3.58. The van der Waals surface area contributed by atoms with Gasteiger partial charge >= 0.3 is 5.97 Å². The van der Waals surface area contributed by atoms with Crippen LogP contribution in [0, 0.1) is 0 Å². The summed E-state index contributed by atoms with van der Waals surface area (Å²) in [5.74, 6) is 0.436. The molecule has 0 fully saturated rings. The second kappa shape index (κ2) is 10.1. The molecular weight excluding hydrogens is 438 g/mol. The van der Waals surface area contributed by atoms with Crippen molar-refractivity contribution in [1.82, 2.24) is 14.5 Å². The molecule has 0 spiro atoms. The van der Waals surface area contributed by atoms with Crippen molar-refractivity contribution in [2.75, 3.05) is 20.2 Å². The molecule has 8 nitrogen and oxygen atoms in total. The second-order valence-corrected chi connectivity index (χ2v) is 9.33. The second-order valence-electron chi connectivity index (χ2n) is 6.47. The van der Waals surface area contributed by atoms with Gasteiger partial charge in [-0.2, -0.15) is 4.31 Å². The zero-order valence-electron chi connectivity index (χ0n) is 17.4. The van der Waals surface area contributed by atoms with Crippen molar-refractivity contribution in [3.8, 4) is 11.5 Å². The molecule has 0 N–H and O–H groups in total. The Balaban J connectivity index is 1.72. The molecular formula is C21H23N3O5S2. The Morgan fingerprint density at radius 2 is 1.81 bits per heavy atom. The van der Waals surface area contributed by atoms with Crippen LogP contribution >= 0.6 is 11.8 Å². The van der Waals surface area contributed by atoms with Crippen LogP contribution in [-0.4, -0.2) is 49.1 Å². The summed E-state index contributed by atoms with van der Waals surface area (Å²) in [5.41, 5.74) is 2.00. The molecule has 0 amide bonds. The lowest BCUT2D eigenvalue weighted by atomic mass is 10.1. The molecule has 0 radical (unpaired) electrons. The van der Waals surface area contributed by atoms with E-state index in [9.17, 15) is 13.2 Å². The van der Waals surface area contributed by atoms with Gasteiger partial charge in [-0.05, 0) is 35.9 Å². The third-order valence-corrected chi connectivity index (χ3v) is 7.50. The molecule has 2 aromatic carbocycles. The summed E-state index contributed by atoms with van der Waals surface area (Å²) in [4.78, 5) is 11.7. The maximum absolute atomic E-state index is 12.8. The fraction of sp³-hybridized carbons (Fsp3) is 0.286. The van der Waals surface area contributed by atoms with Gasteiger partial charge < -0.3 is 9.15 Å². The molecule has 1 aromatic heterocycles. The van der Waals surface area contributed by atoms with E-state index in [0.29, 0.717) is 35.2 Å². The summed E-state index contributed by atoms with van der Waals surface area (Å²) in [5, 5.41) is 8.45. The summed E-state index contributed by atoms with van der Waals surface area (Å²) in [7, 11) is -2.24. The van der Waals surface area contributed by atoms with Gasteiger partial charge in [0.1, 0.15) is 0 Å². The first-order valence-corrected chi connectivity index (χ1v) is 12.1. The van der Waals surface area contributed by atoms with E-state index in [1.54, 1.807) is 50.2 Å². The van der Waals surface area contributed by atoms with E-state index in [0.717, 1.165) is 5.56 Å². The number of benzene rings is 2. The number of methoxy groups -OCH3 is 1. The Bertz CT molecular complexity index is 1140. The maximum atomic E-state index is 12.8. The highest BCUT2D eigenvalue weighted by atomic mass is 32.2. The van der Waals surface area contributed by atoms with Gasteiger partial charge in [0.25, 0.3) is 5.22 Å². The maximum Gasteiger partial charge on any atom is 0.337 e. The Morgan fingerprint density at radius 3 is 2.45 bits per heavy atom. The minimum absolute atomic E-state index is 0.187. The lowest BCUT2D eigenvalue weighted by Crippen LogP contribution is -2.30. The first-order chi connectivity index (χ1) is 14.9. The Labute approximate surface area is 185 Å². The smallest absolute Gasteiger partial charge is 0.337 e. The number of carbonyl (C=O) groups is 1. The number of ether oxygens (including phenoxy) is 1. The van der Waals surface area contributed by atoms with E-state index < -0.39 is 10.0 Å². The van der Waals surface area contributed by atoms with E-state index in [2.05, 4.69) is 14.9 Å². The van der Waals surface area contributed by atoms with Crippen molar-refractivity contribution in [3.05, 3.63) is 59.7 Å². The van der Waals surface area contributed by atoms with E-state index >= 15 is 0 Å². The van der Waals surface area contributed by atoms with Gasteiger partial charge in [-0.3, -0.25) is 0 Å². The highest BCUT2D eigenvalue weighted by Crippen LogP contribution is 2.28. The van der Waals surface area contributed by atoms with Crippen LogP contribution in [0.25, 0.3) is 11.5 Å². The third-order valence-electron chi connectivity index (χ3n) is 4.57. The van der Waals surface area contributed by atoms with Crippen molar-refractivity contribution in [1.29, 1.82) is 0 Å². The quantitative estimate of drug-likeness (QED) is 0.350. The lowest BCUT2D eigenvalue weighted by Gasteiger charge is -2.18. The summed E-state index contributed by atoms with van der Waals surface area (Å²) in [6.45, 7) is 4.39. The average Bonchev–Trinajstić information content (AvgIpc) is 3.27. The minimum Gasteiger partial charge on any atom is -0.465 e. The Hall–Kier alpha value is -2.69. The standard InChI is InChI=1S/C21H23N3O5S2/c1-4-24(5-2)31(26,27)18-8-6-7-17(13-18)19-22-23-21(29-19)30-14-15-9-11-16(12-10-15)20(25)28-3/h6-13H,4-5,14H2,1-3H3. The third kappa shape index (κ3) is 5.33. The first-order valence-electron chi connectivity index (χ1n) is 9.63. The molecule has 0 aliphatic heterocycles. The van der Waals surface area contributed by atoms with Gasteiger partial charge in [0.2, 0.25) is 15.9 Å². The van der Waals surface area contributed by atoms with E-state index in [1.807, 2.05) is 12.1 Å². The number of sulfonamides is 1. The van der Waals surface area contributed by atoms with Crippen molar-refractivity contribution in [2.45, 2.75) is 29.7 Å². The number of thioether (sulfide) groups is 1. The molecule has 3 aromatic rings. The topological polar surface area (TPSA) is 103 Å². The van der Waals surface area contributed by atoms with Crippen molar-refractivity contribution in [2.24, 2.45) is 0 Å². The molecule has 0 aliphatic carbocycles. The van der Waals surface area contributed by atoms with Crippen molar-refractivity contribution < 1.29 is 22.4 Å². The molecule has 164 valence electrons. The van der Waals surface area contributed by atoms with E-state index in [4.69, 9.17) is 4.42 Å². The highest BCUT2D eigenvalue weighted by molar-refractivity contribution is 7.98. The zero-order valence-corrected chi connectivity index (χ0v) is 19.1. The molecule has 0 bridgehead atoms. The van der Waals surface area contributed by atoms with Crippen LogP contribution in [-0.2, 0) is 20.5 Å². The van der Waals surface area contributed by atoms with E-state index in [-0.39, 0.29) is 16.8 Å². The zero-order chi connectivity index (χ0) is 22.4. The van der Waals surface area contributed by atoms with Gasteiger partial charge in [-0.25, -0.2) is 13.2 Å². The molecule has 0 unspecified atom stereocenters. The number of hydrogen-bond donors (Lipinski definition) is 0. The van der Waals surface area contributed by atoms with Crippen LogP contribution in [0.4, 0.5) is 0 Å². The summed E-state index contributed by atoms with van der Waals surface area (Å²) in [6.07, 6.45) is 0. The van der Waals surface area contributed by atoms with Crippen LogP contribution in [0.15, 0.2) is 63.1 Å². The molecule has 3 rings (SSSR count). The van der Waals surface area contributed by atoms with Gasteiger partial charge in [0.05, 0.1) is 17.6 Å².